The van der Waals surface area contributed by atoms with E-state index in [1.165, 1.54) is 0 Å². The van der Waals surface area contributed by atoms with E-state index in [4.69, 9.17) is 10.5 Å². The summed E-state index contributed by atoms with van der Waals surface area (Å²) in [6.07, 6.45) is 1.63. The van der Waals surface area contributed by atoms with Gasteiger partial charge in [0.2, 0.25) is 0 Å². The lowest BCUT2D eigenvalue weighted by Gasteiger charge is -2.11. The Bertz CT molecular complexity index is 782. The standard InChI is InChI=1S/C17H17N3O2/c1-20-17(18)14(10-19-20)13-8-5-9-15(16(13)21)22-11-12-6-3-2-4-7-12/h2-10,21H,11,18H2,1H3. The quantitative estimate of drug-likeness (QED) is 0.776. The fourth-order valence-electron chi connectivity index (χ4n) is 2.25. The molecule has 1 aromatic heterocycles. The lowest BCUT2D eigenvalue weighted by molar-refractivity contribution is 0.289. The zero-order chi connectivity index (χ0) is 15.5. The summed E-state index contributed by atoms with van der Waals surface area (Å²) >= 11 is 0. The molecule has 112 valence electrons. The average molecular weight is 295 g/mol. The number of aromatic nitrogens is 2. The Balaban J connectivity index is 1.88. The van der Waals surface area contributed by atoms with Gasteiger partial charge in [-0.2, -0.15) is 5.10 Å². The minimum Gasteiger partial charge on any atom is -0.504 e. The van der Waals surface area contributed by atoms with E-state index in [0.717, 1.165) is 5.56 Å². The molecule has 0 unspecified atom stereocenters. The summed E-state index contributed by atoms with van der Waals surface area (Å²) in [5, 5.41) is 14.5. The van der Waals surface area contributed by atoms with Crippen molar-refractivity contribution in [1.82, 2.24) is 9.78 Å². The molecule has 0 amide bonds. The number of ether oxygens (including phenoxy) is 1. The van der Waals surface area contributed by atoms with Crippen LogP contribution in [-0.4, -0.2) is 14.9 Å². The number of aryl methyl sites for hydroxylation is 1. The maximum absolute atomic E-state index is 10.4. The Morgan fingerprint density at radius 3 is 2.55 bits per heavy atom. The predicted molar refractivity (Wildman–Crippen MR) is 85.5 cm³/mol. The van der Waals surface area contributed by atoms with Crippen LogP contribution in [0, 0.1) is 0 Å². The van der Waals surface area contributed by atoms with Crippen molar-refractivity contribution >= 4 is 5.82 Å². The molecule has 5 nitrogen and oxygen atoms in total. The van der Waals surface area contributed by atoms with Gasteiger partial charge in [-0.3, -0.25) is 4.68 Å². The van der Waals surface area contributed by atoms with Crippen LogP contribution in [0.15, 0.2) is 54.7 Å². The van der Waals surface area contributed by atoms with Crippen LogP contribution in [0.2, 0.25) is 0 Å². The first-order valence-corrected chi connectivity index (χ1v) is 6.93. The van der Waals surface area contributed by atoms with Gasteiger partial charge in [-0.15, -0.1) is 0 Å². The summed E-state index contributed by atoms with van der Waals surface area (Å²) in [6.45, 7) is 0.389. The fraction of sp³-hybridized carbons (Fsp3) is 0.118. The number of phenols is 1. The van der Waals surface area contributed by atoms with Crippen LogP contribution in [-0.2, 0) is 13.7 Å². The molecule has 1 heterocycles. The van der Waals surface area contributed by atoms with Crippen LogP contribution in [0.1, 0.15) is 5.56 Å². The van der Waals surface area contributed by atoms with Gasteiger partial charge in [0, 0.05) is 18.2 Å². The number of nitrogen functional groups attached to an aromatic ring is 1. The second-order valence-corrected chi connectivity index (χ2v) is 4.99. The minimum atomic E-state index is 0.0677. The predicted octanol–water partition coefficient (Wildman–Crippen LogP) is 2.95. The molecule has 3 rings (SSSR count). The number of anilines is 1. The van der Waals surface area contributed by atoms with Crippen LogP contribution >= 0.6 is 0 Å². The normalized spacial score (nSPS) is 10.6. The summed E-state index contributed by atoms with van der Waals surface area (Å²) in [5.74, 6) is 0.984. The van der Waals surface area contributed by atoms with Gasteiger partial charge in [0.1, 0.15) is 12.4 Å². The van der Waals surface area contributed by atoms with Gasteiger partial charge in [0.15, 0.2) is 11.5 Å². The molecule has 0 radical (unpaired) electrons. The monoisotopic (exact) mass is 295 g/mol. The van der Waals surface area contributed by atoms with Crippen LogP contribution < -0.4 is 10.5 Å². The van der Waals surface area contributed by atoms with Gasteiger partial charge in [-0.25, -0.2) is 0 Å². The van der Waals surface area contributed by atoms with E-state index in [-0.39, 0.29) is 5.75 Å². The third-order valence-corrected chi connectivity index (χ3v) is 3.51. The second kappa shape index (κ2) is 5.81. The number of nitrogens with two attached hydrogens (primary N) is 1. The number of para-hydroxylation sites is 1. The van der Waals surface area contributed by atoms with Crippen molar-refractivity contribution < 1.29 is 9.84 Å². The zero-order valence-corrected chi connectivity index (χ0v) is 12.2. The number of rotatable bonds is 4. The highest BCUT2D eigenvalue weighted by Crippen LogP contribution is 2.39. The first-order valence-electron chi connectivity index (χ1n) is 6.93. The van der Waals surface area contributed by atoms with Gasteiger partial charge in [0.25, 0.3) is 0 Å². The van der Waals surface area contributed by atoms with E-state index < -0.39 is 0 Å². The number of hydrogen-bond acceptors (Lipinski definition) is 4. The van der Waals surface area contributed by atoms with Crippen molar-refractivity contribution in [2.45, 2.75) is 6.61 Å². The summed E-state index contributed by atoms with van der Waals surface area (Å²) in [5.41, 5.74) is 8.30. The maximum Gasteiger partial charge on any atom is 0.165 e. The van der Waals surface area contributed by atoms with Crippen LogP contribution in [0.3, 0.4) is 0 Å². The molecule has 0 aliphatic rings. The topological polar surface area (TPSA) is 73.3 Å². The fourth-order valence-corrected chi connectivity index (χ4v) is 2.25. The molecule has 0 spiro atoms. The first kappa shape index (κ1) is 14.0. The molecule has 0 saturated heterocycles. The Morgan fingerprint density at radius 1 is 1.09 bits per heavy atom. The van der Waals surface area contributed by atoms with E-state index in [1.807, 2.05) is 36.4 Å². The number of phenolic OH excluding ortho intramolecular Hbond substituents is 1. The Morgan fingerprint density at radius 2 is 1.86 bits per heavy atom. The van der Waals surface area contributed by atoms with Crippen LogP contribution in [0.5, 0.6) is 11.5 Å². The molecule has 0 aliphatic carbocycles. The van der Waals surface area contributed by atoms with Crippen molar-refractivity contribution in [3.63, 3.8) is 0 Å². The number of hydrogen-bond donors (Lipinski definition) is 2. The van der Waals surface area contributed by atoms with Crippen molar-refractivity contribution in [2.24, 2.45) is 7.05 Å². The minimum absolute atomic E-state index is 0.0677. The van der Waals surface area contributed by atoms with Crippen LogP contribution in [0.4, 0.5) is 5.82 Å². The summed E-state index contributed by atoms with van der Waals surface area (Å²) < 4.78 is 7.28. The van der Waals surface area contributed by atoms with Gasteiger partial charge in [-0.05, 0) is 11.6 Å². The van der Waals surface area contributed by atoms with Gasteiger partial charge < -0.3 is 15.6 Å². The molecule has 3 N–H and O–H groups in total. The van der Waals surface area contributed by atoms with Gasteiger partial charge in [-0.1, -0.05) is 42.5 Å². The smallest absolute Gasteiger partial charge is 0.165 e. The number of nitrogens with zero attached hydrogens (tertiary/aromatic N) is 2. The van der Waals surface area contributed by atoms with E-state index in [2.05, 4.69) is 5.10 Å². The summed E-state index contributed by atoms with van der Waals surface area (Å²) in [6, 6.07) is 15.1. The largest absolute Gasteiger partial charge is 0.504 e. The zero-order valence-electron chi connectivity index (χ0n) is 12.2. The molecule has 0 aliphatic heterocycles. The Kier molecular flexibility index (Phi) is 3.70. The molecule has 0 bridgehead atoms. The SMILES string of the molecule is Cn1ncc(-c2cccc(OCc3ccccc3)c2O)c1N. The summed E-state index contributed by atoms with van der Waals surface area (Å²) in [7, 11) is 1.76. The Labute approximate surface area is 128 Å². The molecule has 0 fully saturated rings. The number of aromatic hydroxyl groups is 1. The molecule has 5 heteroatoms. The molecular weight excluding hydrogens is 278 g/mol. The average Bonchev–Trinajstić information content (AvgIpc) is 2.87. The molecule has 22 heavy (non-hydrogen) atoms. The van der Waals surface area contributed by atoms with Gasteiger partial charge in [0.05, 0.1) is 6.20 Å². The lowest BCUT2D eigenvalue weighted by Crippen LogP contribution is -1.99. The third-order valence-electron chi connectivity index (χ3n) is 3.51. The highest BCUT2D eigenvalue weighted by atomic mass is 16.5. The van der Waals surface area contributed by atoms with E-state index in [0.29, 0.717) is 29.3 Å². The number of benzene rings is 2. The van der Waals surface area contributed by atoms with Crippen molar-refractivity contribution in [3.05, 3.63) is 60.3 Å². The van der Waals surface area contributed by atoms with Crippen molar-refractivity contribution in [3.8, 4) is 22.6 Å². The Hall–Kier alpha value is -2.95. The third kappa shape index (κ3) is 2.61. The first-order chi connectivity index (χ1) is 10.7. The lowest BCUT2D eigenvalue weighted by atomic mass is 10.1. The van der Waals surface area contributed by atoms with Gasteiger partial charge >= 0.3 is 0 Å². The summed E-state index contributed by atoms with van der Waals surface area (Å²) in [4.78, 5) is 0. The molecule has 0 saturated carbocycles. The highest BCUT2D eigenvalue weighted by Gasteiger charge is 2.15. The molecule has 0 atom stereocenters. The van der Waals surface area contributed by atoms with E-state index >= 15 is 0 Å². The van der Waals surface area contributed by atoms with Crippen molar-refractivity contribution in [2.75, 3.05) is 5.73 Å². The maximum atomic E-state index is 10.4. The van der Waals surface area contributed by atoms with E-state index in [1.54, 1.807) is 30.1 Å². The molecular formula is C17H17N3O2. The van der Waals surface area contributed by atoms with Crippen molar-refractivity contribution in [1.29, 1.82) is 0 Å². The highest BCUT2D eigenvalue weighted by molar-refractivity contribution is 5.80. The molecule has 3 aromatic rings. The van der Waals surface area contributed by atoms with Crippen LogP contribution in [0.25, 0.3) is 11.1 Å². The molecule has 2 aromatic carbocycles. The second-order valence-electron chi connectivity index (χ2n) is 4.99. The van der Waals surface area contributed by atoms with E-state index in [9.17, 15) is 5.11 Å².